The van der Waals surface area contributed by atoms with Gasteiger partial charge in [0.05, 0.1) is 17.9 Å². The first kappa shape index (κ1) is 13.9. The molecule has 4 nitrogen and oxygen atoms in total. The number of rotatable bonds is 4. The maximum atomic E-state index is 5.94. The Morgan fingerprint density at radius 2 is 1.70 bits per heavy atom. The minimum Gasteiger partial charge on any atom is -0.376 e. The summed E-state index contributed by atoms with van der Waals surface area (Å²) in [5, 5.41) is 3.15. The second-order valence-electron chi connectivity index (χ2n) is 4.72. The summed E-state index contributed by atoms with van der Waals surface area (Å²) in [5.74, 6) is 0.420. The van der Waals surface area contributed by atoms with Gasteiger partial charge in [0.25, 0.3) is 0 Å². The average Bonchev–Trinajstić information content (AvgIpc) is 2.46. The third-order valence-electron chi connectivity index (χ3n) is 2.92. The van der Waals surface area contributed by atoms with Crippen LogP contribution in [-0.4, -0.2) is 20.1 Å². The number of hydrogen-bond acceptors (Lipinski definition) is 2. The third kappa shape index (κ3) is 3.75. The van der Waals surface area contributed by atoms with E-state index >= 15 is 0 Å². The summed E-state index contributed by atoms with van der Waals surface area (Å²) in [5.41, 5.74) is 9.11. The summed E-state index contributed by atoms with van der Waals surface area (Å²) < 4.78 is 0. The molecular weight excluding hydrogens is 248 g/mol. The molecule has 0 atom stereocenters. The van der Waals surface area contributed by atoms with Crippen LogP contribution in [0.4, 0.5) is 11.4 Å². The molecule has 0 bridgehead atoms. The monoisotopic (exact) mass is 268 g/mol. The summed E-state index contributed by atoms with van der Waals surface area (Å²) in [6.07, 6.45) is 0. The highest BCUT2D eigenvalue weighted by Gasteiger charge is 2.03. The van der Waals surface area contributed by atoms with Gasteiger partial charge >= 0.3 is 0 Å². The van der Waals surface area contributed by atoms with Gasteiger partial charge in [-0.2, -0.15) is 0 Å². The fraction of sp³-hybridized carbons (Fsp3) is 0.188. The van der Waals surface area contributed by atoms with E-state index in [1.807, 2.05) is 73.6 Å². The SMILES string of the molecule is CN(C)c1ccccc1NC(N)=NCc1ccccc1. The molecule has 3 N–H and O–H groups in total. The van der Waals surface area contributed by atoms with E-state index in [2.05, 4.69) is 10.3 Å². The Morgan fingerprint density at radius 1 is 1.05 bits per heavy atom. The van der Waals surface area contributed by atoms with Crippen LogP contribution in [0.1, 0.15) is 5.56 Å². The van der Waals surface area contributed by atoms with Crippen LogP contribution in [0.25, 0.3) is 0 Å². The van der Waals surface area contributed by atoms with Gasteiger partial charge in [0.15, 0.2) is 5.96 Å². The van der Waals surface area contributed by atoms with Crippen LogP contribution in [-0.2, 0) is 6.54 Å². The molecule has 20 heavy (non-hydrogen) atoms. The highest BCUT2D eigenvalue weighted by Crippen LogP contribution is 2.22. The standard InChI is InChI=1S/C16H20N4/c1-20(2)15-11-7-6-10-14(15)19-16(17)18-12-13-8-4-3-5-9-13/h3-11H,12H2,1-2H3,(H3,17,18,19). The molecule has 0 saturated carbocycles. The van der Waals surface area contributed by atoms with Crippen LogP contribution in [0.3, 0.4) is 0 Å². The van der Waals surface area contributed by atoms with Crippen molar-refractivity contribution < 1.29 is 0 Å². The van der Waals surface area contributed by atoms with Crippen LogP contribution >= 0.6 is 0 Å². The molecular formula is C16H20N4. The molecule has 2 rings (SSSR count). The first-order valence-electron chi connectivity index (χ1n) is 6.54. The predicted octanol–water partition coefficient (Wildman–Crippen LogP) is 2.68. The molecule has 104 valence electrons. The maximum Gasteiger partial charge on any atom is 0.193 e. The molecule has 2 aromatic carbocycles. The number of nitrogens with zero attached hydrogens (tertiary/aromatic N) is 2. The van der Waals surface area contributed by atoms with Gasteiger partial charge in [-0.05, 0) is 17.7 Å². The van der Waals surface area contributed by atoms with E-state index in [-0.39, 0.29) is 0 Å². The van der Waals surface area contributed by atoms with Crippen molar-refractivity contribution >= 4 is 17.3 Å². The number of hydrogen-bond donors (Lipinski definition) is 2. The molecule has 2 aromatic rings. The quantitative estimate of drug-likeness (QED) is 0.662. The molecule has 0 aliphatic heterocycles. The Labute approximate surface area is 119 Å². The zero-order valence-corrected chi connectivity index (χ0v) is 11.9. The number of benzene rings is 2. The largest absolute Gasteiger partial charge is 0.376 e. The van der Waals surface area contributed by atoms with Crippen molar-refractivity contribution in [3.8, 4) is 0 Å². The van der Waals surface area contributed by atoms with E-state index in [1.54, 1.807) is 0 Å². The fourth-order valence-electron chi connectivity index (χ4n) is 1.91. The lowest BCUT2D eigenvalue weighted by molar-refractivity contribution is 1.06. The molecule has 0 aliphatic carbocycles. The Bertz CT molecular complexity index is 576. The van der Waals surface area contributed by atoms with Gasteiger partial charge in [-0.25, -0.2) is 4.99 Å². The van der Waals surface area contributed by atoms with Crippen molar-refractivity contribution in [2.45, 2.75) is 6.54 Å². The van der Waals surface area contributed by atoms with Crippen molar-refractivity contribution in [3.63, 3.8) is 0 Å². The molecule has 0 aliphatic rings. The molecule has 0 heterocycles. The molecule has 0 aromatic heterocycles. The number of nitrogens with one attached hydrogen (secondary N) is 1. The molecule has 0 radical (unpaired) electrons. The van der Waals surface area contributed by atoms with E-state index in [1.165, 1.54) is 0 Å². The molecule has 4 heteroatoms. The fourth-order valence-corrected chi connectivity index (χ4v) is 1.91. The minimum atomic E-state index is 0.420. The smallest absolute Gasteiger partial charge is 0.193 e. The van der Waals surface area contributed by atoms with Gasteiger partial charge in [0, 0.05) is 14.1 Å². The van der Waals surface area contributed by atoms with Gasteiger partial charge in [-0.1, -0.05) is 42.5 Å². The number of anilines is 2. The highest BCUT2D eigenvalue weighted by atomic mass is 15.1. The van der Waals surface area contributed by atoms with Crippen molar-refractivity contribution in [2.24, 2.45) is 10.7 Å². The molecule has 0 unspecified atom stereocenters. The van der Waals surface area contributed by atoms with E-state index in [9.17, 15) is 0 Å². The molecule has 0 spiro atoms. The minimum absolute atomic E-state index is 0.420. The zero-order valence-electron chi connectivity index (χ0n) is 11.9. The van der Waals surface area contributed by atoms with Gasteiger partial charge in [0.1, 0.15) is 0 Å². The molecule has 0 saturated heterocycles. The summed E-state index contributed by atoms with van der Waals surface area (Å²) in [7, 11) is 4.00. The van der Waals surface area contributed by atoms with Gasteiger partial charge < -0.3 is 16.0 Å². The Balaban J connectivity index is 2.06. The number of nitrogens with two attached hydrogens (primary N) is 1. The molecule has 0 amide bonds. The first-order chi connectivity index (χ1) is 9.66. The highest BCUT2D eigenvalue weighted by molar-refractivity contribution is 5.95. The van der Waals surface area contributed by atoms with Crippen LogP contribution < -0.4 is 16.0 Å². The lowest BCUT2D eigenvalue weighted by Gasteiger charge is -2.17. The summed E-state index contributed by atoms with van der Waals surface area (Å²) in [4.78, 5) is 6.39. The third-order valence-corrected chi connectivity index (χ3v) is 2.92. The second kappa shape index (κ2) is 6.61. The van der Waals surface area contributed by atoms with Crippen LogP contribution in [0.2, 0.25) is 0 Å². The van der Waals surface area contributed by atoms with Crippen LogP contribution in [0.5, 0.6) is 0 Å². The molecule has 0 fully saturated rings. The lowest BCUT2D eigenvalue weighted by atomic mass is 10.2. The Hall–Kier alpha value is -2.49. The second-order valence-corrected chi connectivity index (χ2v) is 4.72. The average molecular weight is 268 g/mol. The van der Waals surface area contributed by atoms with E-state index in [4.69, 9.17) is 5.73 Å². The maximum absolute atomic E-state index is 5.94. The Morgan fingerprint density at radius 3 is 2.40 bits per heavy atom. The number of guanidine groups is 1. The Kier molecular flexibility index (Phi) is 4.60. The first-order valence-corrected chi connectivity index (χ1v) is 6.54. The van der Waals surface area contributed by atoms with Crippen molar-refractivity contribution in [1.82, 2.24) is 0 Å². The lowest BCUT2D eigenvalue weighted by Crippen LogP contribution is -2.24. The normalized spacial score (nSPS) is 11.2. The zero-order chi connectivity index (χ0) is 14.4. The number of para-hydroxylation sites is 2. The van der Waals surface area contributed by atoms with Gasteiger partial charge in [-0.15, -0.1) is 0 Å². The van der Waals surface area contributed by atoms with Crippen molar-refractivity contribution in [2.75, 3.05) is 24.3 Å². The van der Waals surface area contributed by atoms with E-state index in [0.717, 1.165) is 16.9 Å². The van der Waals surface area contributed by atoms with Crippen LogP contribution in [0, 0.1) is 0 Å². The van der Waals surface area contributed by atoms with Crippen LogP contribution in [0.15, 0.2) is 59.6 Å². The van der Waals surface area contributed by atoms with Gasteiger partial charge in [-0.3, -0.25) is 0 Å². The topological polar surface area (TPSA) is 53.6 Å². The van der Waals surface area contributed by atoms with E-state index in [0.29, 0.717) is 12.5 Å². The summed E-state index contributed by atoms with van der Waals surface area (Å²) in [6.45, 7) is 0.573. The van der Waals surface area contributed by atoms with Crippen molar-refractivity contribution in [3.05, 3.63) is 60.2 Å². The van der Waals surface area contributed by atoms with E-state index < -0.39 is 0 Å². The number of aliphatic imine (C=N–C) groups is 1. The summed E-state index contributed by atoms with van der Waals surface area (Å²) in [6, 6.07) is 18.0. The predicted molar refractivity (Wildman–Crippen MR) is 86.2 cm³/mol. The summed E-state index contributed by atoms with van der Waals surface area (Å²) >= 11 is 0. The van der Waals surface area contributed by atoms with Crippen molar-refractivity contribution in [1.29, 1.82) is 0 Å². The van der Waals surface area contributed by atoms with Gasteiger partial charge in [0.2, 0.25) is 0 Å².